The van der Waals surface area contributed by atoms with E-state index in [1.807, 2.05) is 30.3 Å². The smallest absolute Gasteiger partial charge is 0.258 e. The molecule has 2 rings (SSSR count). The number of hydrogen-bond acceptors (Lipinski definition) is 3. The van der Waals surface area contributed by atoms with Gasteiger partial charge in [-0.15, -0.1) is 11.8 Å². The molecule has 0 spiro atoms. The van der Waals surface area contributed by atoms with E-state index in [9.17, 15) is 10.1 Å². The van der Waals surface area contributed by atoms with E-state index in [1.54, 1.807) is 23.9 Å². The highest BCUT2D eigenvalue weighted by Gasteiger charge is 2.10. The van der Waals surface area contributed by atoms with Crippen molar-refractivity contribution in [2.24, 2.45) is 0 Å². The van der Waals surface area contributed by atoms with Crippen LogP contribution in [0.25, 0.3) is 0 Å². The van der Waals surface area contributed by atoms with Gasteiger partial charge in [0.05, 0.1) is 4.92 Å². The summed E-state index contributed by atoms with van der Waals surface area (Å²) in [7, 11) is 0. The maximum absolute atomic E-state index is 10.6. The largest absolute Gasteiger partial charge is 0.269 e. The highest BCUT2D eigenvalue weighted by Crippen LogP contribution is 2.34. The summed E-state index contributed by atoms with van der Waals surface area (Å²) in [6.07, 6.45) is 0. The molecule has 0 aromatic heterocycles. The van der Waals surface area contributed by atoms with Gasteiger partial charge in [-0.3, -0.25) is 10.1 Å². The van der Waals surface area contributed by atoms with Gasteiger partial charge < -0.3 is 0 Å². The maximum atomic E-state index is 10.6. The molecule has 0 fully saturated rings. The van der Waals surface area contributed by atoms with Gasteiger partial charge in [-0.1, -0.05) is 30.3 Å². The van der Waals surface area contributed by atoms with Gasteiger partial charge in [-0.05, 0) is 24.6 Å². The van der Waals surface area contributed by atoms with Gasteiger partial charge in [-0.2, -0.15) is 0 Å². The van der Waals surface area contributed by atoms with Crippen molar-refractivity contribution in [1.29, 1.82) is 0 Å². The first-order chi connectivity index (χ1) is 8.66. The fraction of sp³-hybridized carbons (Fsp3) is 0.143. The summed E-state index contributed by atoms with van der Waals surface area (Å²) in [5.41, 5.74) is 1.23. The average molecular weight is 259 g/mol. The minimum absolute atomic E-state index is 0.135. The van der Waals surface area contributed by atoms with Crippen LogP contribution in [-0.2, 0) is 0 Å². The fourth-order valence-corrected chi connectivity index (χ4v) is 2.65. The van der Waals surface area contributed by atoms with Gasteiger partial charge in [0, 0.05) is 22.3 Å². The summed E-state index contributed by atoms with van der Waals surface area (Å²) >= 11 is 1.74. The van der Waals surface area contributed by atoms with E-state index < -0.39 is 0 Å². The molecule has 0 radical (unpaired) electrons. The molecule has 0 saturated heterocycles. The van der Waals surface area contributed by atoms with Crippen molar-refractivity contribution < 1.29 is 4.92 Å². The van der Waals surface area contributed by atoms with Gasteiger partial charge in [0.2, 0.25) is 0 Å². The van der Waals surface area contributed by atoms with Crippen LogP contribution in [0.4, 0.5) is 5.69 Å². The van der Waals surface area contributed by atoms with Crippen LogP contribution in [0.1, 0.15) is 17.7 Å². The quantitative estimate of drug-likeness (QED) is 0.463. The summed E-state index contributed by atoms with van der Waals surface area (Å²) in [5.74, 6) is 0. The lowest BCUT2D eigenvalue weighted by molar-refractivity contribution is -0.384. The van der Waals surface area contributed by atoms with Crippen molar-refractivity contribution in [2.75, 3.05) is 0 Å². The van der Waals surface area contributed by atoms with E-state index in [2.05, 4.69) is 19.1 Å². The molecular weight excluding hydrogens is 246 g/mol. The molecule has 4 heteroatoms. The molecule has 0 bridgehead atoms. The molecule has 0 aliphatic carbocycles. The molecular formula is C14H13NO2S. The lowest BCUT2D eigenvalue weighted by atomic mass is 10.1. The lowest BCUT2D eigenvalue weighted by Crippen LogP contribution is -1.91. The molecule has 1 atom stereocenters. The number of nitro benzene ring substituents is 1. The Balaban J connectivity index is 2.09. The number of nitrogens with zero attached hydrogens (tertiary/aromatic N) is 1. The summed E-state index contributed by atoms with van der Waals surface area (Å²) in [4.78, 5) is 11.4. The number of nitro groups is 1. The zero-order valence-corrected chi connectivity index (χ0v) is 10.8. The monoisotopic (exact) mass is 259 g/mol. The zero-order valence-electron chi connectivity index (χ0n) is 9.95. The van der Waals surface area contributed by atoms with Gasteiger partial charge in [-0.25, -0.2) is 0 Å². The van der Waals surface area contributed by atoms with Crippen LogP contribution in [-0.4, -0.2) is 4.92 Å². The Labute approximate surface area is 110 Å². The normalized spacial score (nSPS) is 12.1. The minimum atomic E-state index is -0.376. The Morgan fingerprint density at radius 1 is 1.06 bits per heavy atom. The molecule has 0 heterocycles. The highest BCUT2D eigenvalue weighted by molar-refractivity contribution is 7.99. The summed E-state index contributed by atoms with van der Waals surface area (Å²) in [6.45, 7) is 2.10. The maximum Gasteiger partial charge on any atom is 0.269 e. The Kier molecular flexibility index (Phi) is 3.99. The highest BCUT2D eigenvalue weighted by atomic mass is 32.2. The van der Waals surface area contributed by atoms with Gasteiger partial charge in [0.1, 0.15) is 0 Å². The molecule has 92 valence electrons. The van der Waals surface area contributed by atoms with Gasteiger partial charge in [0.25, 0.3) is 5.69 Å². The first-order valence-electron chi connectivity index (χ1n) is 5.63. The molecule has 0 aliphatic heterocycles. The topological polar surface area (TPSA) is 43.1 Å². The van der Waals surface area contributed by atoms with Crippen LogP contribution in [0.2, 0.25) is 0 Å². The van der Waals surface area contributed by atoms with Crippen molar-refractivity contribution in [2.45, 2.75) is 17.1 Å². The second-order valence-corrected chi connectivity index (χ2v) is 5.34. The average Bonchev–Trinajstić information content (AvgIpc) is 2.40. The van der Waals surface area contributed by atoms with Crippen LogP contribution in [0.3, 0.4) is 0 Å². The second-order valence-electron chi connectivity index (χ2n) is 3.92. The first-order valence-corrected chi connectivity index (χ1v) is 6.51. The molecule has 0 amide bonds. The number of non-ortho nitro benzene ring substituents is 1. The molecule has 0 saturated carbocycles. The van der Waals surface area contributed by atoms with Gasteiger partial charge >= 0.3 is 0 Å². The Hall–Kier alpha value is -1.81. The predicted molar refractivity (Wildman–Crippen MR) is 73.8 cm³/mol. The third kappa shape index (κ3) is 3.11. The predicted octanol–water partition coefficient (Wildman–Crippen LogP) is 4.45. The van der Waals surface area contributed by atoms with Crippen molar-refractivity contribution in [1.82, 2.24) is 0 Å². The van der Waals surface area contributed by atoms with Gasteiger partial charge in [0.15, 0.2) is 0 Å². The standard InChI is InChI=1S/C14H13NO2S/c1-11(18-14-5-3-2-4-6-14)12-7-9-13(10-8-12)15(16)17/h2-11H,1H3/t11-/m1/s1. The van der Waals surface area contributed by atoms with Crippen molar-refractivity contribution in [3.8, 4) is 0 Å². The third-order valence-electron chi connectivity index (χ3n) is 2.63. The van der Waals surface area contributed by atoms with Crippen LogP contribution >= 0.6 is 11.8 Å². The van der Waals surface area contributed by atoms with E-state index in [4.69, 9.17) is 0 Å². The van der Waals surface area contributed by atoms with Crippen molar-refractivity contribution >= 4 is 17.4 Å². The van der Waals surface area contributed by atoms with E-state index in [0.29, 0.717) is 0 Å². The van der Waals surface area contributed by atoms with E-state index >= 15 is 0 Å². The van der Waals surface area contributed by atoms with Crippen LogP contribution < -0.4 is 0 Å². The summed E-state index contributed by atoms with van der Waals surface area (Å²) < 4.78 is 0. The SMILES string of the molecule is C[C@@H](Sc1ccccc1)c1ccc([N+](=O)[O-])cc1. The fourth-order valence-electron chi connectivity index (χ4n) is 1.64. The Bertz CT molecular complexity index is 525. The van der Waals surface area contributed by atoms with Crippen LogP contribution in [0.15, 0.2) is 59.5 Å². The summed E-state index contributed by atoms with van der Waals surface area (Å²) in [5, 5.41) is 10.8. The second kappa shape index (κ2) is 5.69. The third-order valence-corrected chi connectivity index (χ3v) is 3.80. The molecule has 0 N–H and O–H groups in total. The molecule has 2 aromatic rings. The number of hydrogen-bond donors (Lipinski definition) is 0. The van der Waals surface area contributed by atoms with E-state index in [1.165, 1.54) is 4.90 Å². The number of thioether (sulfide) groups is 1. The molecule has 18 heavy (non-hydrogen) atoms. The zero-order chi connectivity index (χ0) is 13.0. The molecule has 2 aromatic carbocycles. The lowest BCUT2D eigenvalue weighted by Gasteiger charge is -2.11. The van der Waals surface area contributed by atoms with Crippen molar-refractivity contribution in [3.63, 3.8) is 0 Å². The van der Waals surface area contributed by atoms with E-state index in [-0.39, 0.29) is 15.9 Å². The minimum Gasteiger partial charge on any atom is -0.258 e. The van der Waals surface area contributed by atoms with Crippen molar-refractivity contribution in [3.05, 3.63) is 70.3 Å². The Morgan fingerprint density at radius 3 is 2.22 bits per heavy atom. The number of rotatable bonds is 4. The number of benzene rings is 2. The molecule has 0 aliphatic rings. The van der Waals surface area contributed by atoms with Crippen LogP contribution in [0.5, 0.6) is 0 Å². The summed E-state index contributed by atoms with van der Waals surface area (Å²) in [6, 6.07) is 16.9. The molecule has 3 nitrogen and oxygen atoms in total. The van der Waals surface area contributed by atoms with E-state index in [0.717, 1.165) is 5.56 Å². The van der Waals surface area contributed by atoms with Crippen LogP contribution in [0, 0.1) is 10.1 Å². The Morgan fingerprint density at radius 2 is 1.67 bits per heavy atom. The molecule has 0 unspecified atom stereocenters. The first kappa shape index (κ1) is 12.6.